The molecule has 0 saturated carbocycles. The molecule has 3 nitrogen and oxygen atoms in total. The van der Waals surface area contributed by atoms with Gasteiger partial charge >= 0.3 is 0 Å². The second kappa shape index (κ2) is 4.93. The maximum Gasteiger partial charge on any atom is 0.231 e. The Morgan fingerprint density at radius 2 is 2.12 bits per heavy atom. The van der Waals surface area contributed by atoms with E-state index in [4.69, 9.17) is 21.1 Å². The van der Waals surface area contributed by atoms with Gasteiger partial charge in [0, 0.05) is 0 Å². The lowest BCUT2D eigenvalue weighted by atomic mass is 10.1. The van der Waals surface area contributed by atoms with Crippen molar-refractivity contribution in [3.8, 4) is 11.5 Å². The lowest BCUT2D eigenvalue weighted by molar-refractivity contribution is 0.174. The fourth-order valence-electron chi connectivity index (χ4n) is 1.76. The molecule has 88 valence electrons. The van der Waals surface area contributed by atoms with E-state index in [1.54, 1.807) is 0 Å². The van der Waals surface area contributed by atoms with Gasteiger partial charge in [0.1, 0.15) is 0 Å². The highest BCUT2D eigenvalue weighted by Crippen LogP contribution is 2.39. The molecule has 0 radical (unpaired) electrons. The first-order valence-corrected chi connectivity index (χ1v) is 5.77. The molecule has 1 aliphatic heterocycles. The predicted octanol–water partition coefficient (Wildman–Crippen LogP) is 2.56. The zero-order valence-corrected chi connectivity index (χ0v) is 10.4. The van der Waals surface area contributed by atoms with E-state index in [1.165, 1.54) is 5.56 Å². The van der Waals surface area contributed by atoms with Crippen LogP contribution in [0.3, 0.4) is 0 Å². The fourth-order valence-corrected chi connectivity index (χ4v) is 2.05. The maximum atomic E-state index is 6.10. The van der Waals surface area contributed by atoms with E-state index in [0.29, 0.717) is 10.8 Å². The Balaban J connectivity index is 2.03. The first-order valence-electron chi connectivity index (χ1n) is 5.39. The lowest BCUT2D eigenvalue weighted by Crippen LogP contribution is -2.13. The van der Waals surface area contributed by atoms with E-state index in [1.807, 2.05) is 12.1 Å². The standard InChI is InChI=1S/C12H16ClNO2/c1-14(2)5-3-4-9-6-10(13)12-11(7-9)15-8-16-12/h6-7H,3-5,8H2,1-2H3. The molecule has 1 heterocycles. The molecule has 0 atom stereocenters. The van der Waals surface area contributed by atoms with Crippen LogP contribution in [0.25, 0.3) is 0 Å². The number of fused-ring (bicyclic) bond motifs is 1. The van der Waals surface area contributed by atoms with Gasteiger partial charge in [-0.1, -0.05) is 11.6 Å². The van der Waals surface area contributed by atoms with Crippen LogP contribution in [-0.2, 0) is 6.42 Å². The van der Waals surface area contributed by atoms with Gasteiger partial charge in [0.05, 0.1) is 5.02 Å². The molecule has 0 aromatic heterocycles. The predicted molar refractivity (Wildman–Crippen MR) is 64.5 cm³/mol. The van der Waals surface area contributed by atoms with Crippen LogP contribution < -0.4 is 9.47 Å². The van der Waals surface area contributed by atoms with Crippen molar-refractivity contribution in [2.45, 2.75) is 12.8 Å². The second-order valence-corrected chi connectivity index (χ2v) is 4.63. The number of hydrogen-bond donors (Lipinski definition) is 0. The zero-order valence-electron chi connectivity index (χ0n) is 9.62. The minimum absolute atomic E-state index is 0.274. The molecule has 0 N–H and O–H groups in total. The van der Waals surface area contributed by atoms with E-state index in [0.717, 1.165) is 25.1 Å². The molecule has 4 heteroatoms. The zero-order chi connectivity index (χ0) is 11.5. The molecular formula is C12H16ClNO2. The number of nitrogens with zero attached hydrogens (tertiary/aromatic N) is 1. The van der Waals surface area contributed by atoms with Gasteiger partial charge in [-0.25, -0.2) is 0 Å². The molecule has 0 saturated heterocycles. The molecule has 1 aliphatic rings. The van der Waals surface area contributed by atoms with Crippen LogP contribution in [0.15, 0.2) is 12.1 Å². The first-order chi connectivity index (χ1) is 7.66. The summed E-state index contributed by atoms with van der Waals surface area (Å²) in [7, 11) is 4.15. The van der Waals surface area contributed by atoms with Crippen molar-refractivity contribution < 1.29 is 9.47 Å². The largest absolute Gasteiger partial charge is 0.454 e. The summed E-state index contributed by atoms with van der Waals surface area (Å²) in [5, 5.41) is 0.648. The molecule has 1 aromatic carbocycles. The number of ether oxygens (including phenoxy) is 2. The van der Waals surface area contributed by atoms with Crippen molar-refractivity contribution in [3.05, 3.63) is 22.7 Å². The quantitative estimate of drug-likeness (QED) is 0.809. The van der Waals surface area contributed by atoms with E-state index in [2.05, 4.69) is 19.0 Å². The van der Waals surface area contributed by atoms with Gasteiger partial charge in [-0.2, -0.15) is 0 Å². The number of rotatable bonds is 4. The van der Waals surface area contributed by atoms with E-state index in [9.17, 15) is 0 Å². The summed E-state index contributed by atoms with van der Waals surface area (Å²) >= 11 is 6.10. The van der Waals surface area contributed by atoms with E-state index in [-0.39, 0.29) is 6.79 Å². The number of hydrogen-bond acceptors (Lipinski definition) is 3. The minimum Gasteiger partial charge on any atom is -0.454 e. The molecule has 0 aliphatic carbocycles. The third-order valence-electron chi connectivity index (χ3n) is 2.56. The highest BCUT2D eigenvalue weighted by molar-refractivity contribution is 6.32. The van der Waals surface area contributed by atoms with Crippen LogP contribution in [-0.4, -0.2) is 32.3 Å². The van der Waals surface area contributed by atoms with Crippen molar-refractivity contribution in [3.63, 3.8) is 0 Å². The average Bonchev–Trinajstić information content (AvgIpc) is 2.65. The number of halogens is 1. The van der Waals surface area contributed by atoms with Crippen LogP contribution in [0.5, 0.6) is 11.5 Å². The van der Waals surface area contributed by atoms with Crippen LogP contribution in [0, 0.1) is 0 Å². The van der Waals surface area contributed by atoms with E-state index < -0.39 is 0 Å². The Morgan fingerprint density at radius 3 is 2.88 bits per heavy atom. The lowest BCUT2D eigenvalue weighted by Gasteiger charge is -2.09. The van der Waals surface area contributed by atoms with Crippen LogP contribution >= 0.6 is 11.6 Å². The van der Waals surface area contributed by atoms with Crippen molar-refractivity contribution in [2.75, 3.05) is 27.4 Å². The monoisotopic (exact) mass is 241 g/mol. The molecule has 0 unspecified atom stereocenters. The maximum absolute atomic E-state index is 6.10. The number of benzene rings is 1. The summed E-state index contributed by atoms with van der Waals surface area (Å²) in [6, 6.07) is 3.98. The van der Waals surface area contributed by atoms with Crippen LogP contribution in [0.2, 0.25) is 5.02 Å². The second-order valence-electron chi connectivity index (χ2n) is 4.22. The Hall–Kier alpha value is -0.930. The van der Waals surface area contributed by atoms with Crippen LogP contribution in [0.1, 0.15) is 12.0 Å². The van der Waals surface area contributed by atoms with Gasteiger partial charge in [-0.15, -0.1) is 0 Å². The summed E-state index contributed by atoms with van der Waals surface area (Å²) in [4.78, 5) is 2.18. The number of aryl methyl sites for hydroxylation is 1. The summed E-state index contributed by atoms with van der Waals surface area (Å²) in [6.45, 7) is 1.35. The first kappa shape index (κ1) is 11.6. The van der Waals surface area contributed by atoms with Gasteiger partial charge < -0.3 is 14.4 Å². The molecule has 16 heavy (non-hydrogen) atoms. The SMILES string of the molecule is CN(C)CCCc1cc(Cl)c2c(c1)OCO2. The van der Waals surface area contributed by atoms with Crippen molar-refractivity contribution in [2.24, 2.45) is 0 Å². The van der Waals surface area contributed by atoms with E-state index >= 15 is 0 Å². The van der Waals surface area contributed by atoms with Gasteiger partial charge in [0.15, 0.2) is 11.5 Å². The molecule has 2 rings (SSSR count). The summed E-state index contributed by atoms with van der Waals surface area (Å²) in [5.41, 5.74) is 1.20. The molecule has 1 aromatic rings. The summed E-state index contributed by atoms with van der Waals surface area (Å²) in [5.74, 6) is 1.45. The Bertz CT molecular complexity index is 380. The summed E-state index contributed by atoms with van der Waals surface area (Å²) in [6.07, 6.45) is 2.12. The average molecular weight is 242 g/mol. The van der Waals surface area contributed by atoms with Gasteiger partial charge in [-0.3, -0.25) is 0 Å². The third kappa shape index (κ3) is 2.60. The molecule has 0 bridgehead atoms. The van der Waals surface area contributed by atoms with Crippen molar-refractivity contribution in [1.29, 1.82) is 0 Å². The van der Waals surface area contributed by atoms with Crippen molar-refractivity contribution in [1.82, 2.24) is 4.90 Å². The van der Waals surface area contributed by atoms with Gasteiger partial charge in [-0.05, 0) is 51.2 Å². The third-order valence-corrected chi connectivity index (χ3v) is 2.84. The molecule has 0 spiro atoms. The Labute approximate surface area is 101 Å². The molecular weight excluding hydrogens is 226 g/mol. The Morgan fingerprint density at radius 1 is 1.31 bits per heavy atom. The summed E-state index contributed by atoms with van der Waals surface area (Å²) < 4.78 is 10.6. The highest BCUT2D eigenvalue weighted by atomic mass is 35.5. The van der Waals surface area contributed by atoms with Crippen LogP contribution in [0.4, 0.5) is 0 Å². The van der Waals surface area contributed by atoms with Gasteiger partial charge in [0.25, 0.3) is 0 Å². The minimum atomic E-state index is 0.274. The molecule has 0 fully saturated rings. The topological polar surface area (TPSA) is 21.7 Å². The molecule has 0 amide bonds. The smallest absolute Gasteiger partial charge is 0.231 e. The highest BCUT2D eigenvalue weighted by Gasteiger charge is 2.17. The Kier molecular flexibility index (Phi) is 3.56. The van der Waals surface area contributed by atoms with Gasteiger partial charge in [0.2, 0.25) is 6.79 Å². The fraction of sp³-hybridized carbons (Fsp3) is 0.500. The van der Waals surface area contributed by atoms with Crippen molar-refractivity contribution >= 4 is 11.6 Å². The normalized spacial score (nSPS) is 13.5.